The number of nitrogens with one attached hydrogen (secondary N) is 3. The van der Waals surface area contributed by atoms with Crippen LogP contribution < -0.4 is 15.4 Å². The van der Waals surface area contributed by atoms with Gasteiger partial charge in [-0.25, -0.2) is 0 Å². The number of carbonyl (C=O) groups excluding carboxylic acids is 2. The van der Waals surface area contributed by atoms with Gasteiger partial charge in [0.15, 0.2) is 6.61 Å². The van der Waals surface area contributed by atoms with E-state index >= 15 is 0 Å². The monoisotopic (exact) mass is 422 g/mol. The molecular weight excluding hydrogens is 400 g/mol. The fourth-order valence-electron chi connectivity index (χ4n) is 3.07. The molecule has 2 aromatic rings. The second-order valence-electron chi connectivity index (χ2n) is 6.41. The zero-order valence-electron chi connectivity index (χ0n) is 15.6. The summed E-state index contributed by atoms with van der Waals surface area (Å²) in [6.07, 6.45) is 6.46. The number of nitrogens with zero attached hydrogens (tertiary/aromatic N) is 1. The Balaban J connectivity index is 0.000000941. The largest absolute Gasteiger partial charge is 0.483 e. The number of aromatic nitrogens is 2. The minimum atomic E-state index is -0.250. The summed E-state index contributed by atoms with van der Waals surface area (Å²) in [5.74, 6) is 0.132. The van der Waals surface area contributed by atoms with Crippen LogP contribution in [0.25, 0.3) is 0 Å². The van der Waals surface area contributed by atoms with Gasteiger partial charge in [0.05, 0.1) is 16.8 Å². The Labute approximate surface area is 172 Å². The molecule has 0 bridgehead atoms. The predicted octanol–water partition coefficient (Wildman–Crippen LogP) is 2.00. The molecule has 29 heavy (non-hydrogen) atoms. The Kier molecular flexibility index (Phi) is 8.97. The lowest BCUT2D eigenvalue weighted by atomic mass is 9.90. The summed E-state index contributed by atoms with van der Waals surface area (Å²) in [5, 5.41) is 19.7. The summed E-state index contributed by atoms with van der Waals surface area (Å²) in [5.41, 5.74) is 0.504. The summed E-state index contributed by atoms with van der Waals surface area (Å²) in [6.45, 7) is -0.341. The standard InChI is InChI=1S/C18H21ClN4O3.CH2O2/c19-15-6-1-2-7-16(15)26-11-17(24)22-13-4-3-5-14(8-13)23-18(25)12-9-20-21-10-12;2-1-3/h1-2,6-7,9-10,13-14H,3-5,8,11H2,(H,20,21)(H,22,24)(H,23,25);1H,(H,2,3)/t13-,14+;/m1./s1. The molecule has 0 saturated heterocycles. The molecule has 0 unspecified atom stereocenters. The maximum atomic E-state index is 12.1. The third kappa shape index (κ3) is 7.46. The quantitative estimate of drug-likeness (QED) is 0.526. The van der Waals surface area contributed by atoms with Crippen molar-refractivity contribution in [1.29, 1.82) is 0 Å². The van der Waals surface area contributed by atoms with E-state index in [1.807, 2.05) is 0 Å². The molecule has 0 spiro atoms. The minimum absolute atomic E-state index is 0.0146. The van der Waals surface area contributed by atoms with Crippen LogP contribution in [0.1, 0.15) is 36.0 Å². The van der Waals surface area contributed by atoms with Gasteiger partial charge in [-0.15, -0.1) is 0 Å². The highest BCUT2D eigenvalue weighted by molar-refractivity contribution is 6.32. The molecule has 0 radical (unpaired) electrons. The van der Waals surface area contributed by atoms with Crippen molar-refractivity contribution >= 4 is 29.9 Å². The molecule has 1 aliphatic rings. The number of halogens is 1. The van der Waals surface area contributed by atoms with Gasteiger partial charge in [0.2, 0.25) is 0 Å². The van der Waals surface area contributed by atoms with E-state index in [1.54, 1.807) is 30.5 Å². The molecule has 4 N–H and O–H groups in total. The number of carboxylic acid groups (broad SMARTS) is 1. The summed E-state index contributed by atoms with van der Waals surface area (Å²) in [6, 6.07) is 7.07. The predicted molar refractivity (Wildman–Crippen MR) is 106 cm³/mol. The van der Waals surface area contributed by atoms with Crippen LogP contribution in [0, 0.1) is 0 Å². The maximum absolute atomic E-state index is 12.1. The molecule has 1 aromatic heterocycles. The number of H-pyrrole nitrogens is 1. The van der Waals surface area contributed by atoms with Gasteiger partial charge in [-0.3, -0.25) is 19.5 Å². The first-order valence-corrected chi connectivity index (χ1v) is 9.45. The van der Waals surface area contributed by atoms with Crippen LogP contribution in [0.15, 0.2) is 36.7 Å². The minimum Gasteiger partial charge on any atom is -0.483 e. The van der Waals surface area contributed by atoms with Crippen molar-refractivity contribution in [2.75, 3.05) is 6.61 Å². The van der Waals surface area contributed by atoms with Crippen molar-refractivity contribution < 1.29 is 24.2 Å². The molecule has 1 aliphatic carbocycles. The van der Waals surface area contributed by atoms with E-state index in [0.717, 1.165) is 19.3 Å². The van der Waals surface area contributed by atoms with Gasteiger partial charge >= 0.3 is 0 Å². The number of para-hydroxylation sites is 1. The number of benzene rings is 1. The first kappa shape index (κ1) is 22.2. The van der Waals surface area contributed by atoms with Gasteiger partial charge in [-0.1, -0.05) is 23.7 Å². The molecule has 1 aromatic carbocycles. The van der Waals surface area contributed by atoms with E-state index in [9.17, 15) is 9.59 Å². The van der Waals surface area contributed by atoms with Gasteiger partial charge in [0.25, 0.3) is 18.3 Å². The first-order chi connectivity index (χ1) is 14.0. The second kappa shape index (κ2) is 11.7. The van der Waals surface area contributed by atoms with Gasteiger partial charge in [0.1, 0.15) is 5.75 Å². The Bertz CT molecular complexity index is 800. The van der Waals surface area contributed by atoms with E-state index in [-0.39, 0.29) is 37.0 Å². The van der Waals surface area contributed by atoms with Crippen LogP contribution >= 0.6 is 11.6 Å². The lowest BCUT2D eigenvalue weighted by molar-refractivity contribution is -0.124. The average molecular weight is 423 g/mol. The lowest BCUT2D eigenvalue weighted by Crippen LogP contribution is -2.46. The van der Waals surface area contributed by atoms with Gasteiger partial charge in [0, 0.05) is 18.3 Å². The lowest BCUT2D eigenvalue weighted by Gasteiger charge is -2.30. The van der Waals surface area contributed by atoms with Gasteiger partial charge in [-0.2, -0.15) is 5.10 Å². The number of hydrogen-bond donors (Lipinski definition) is 4. The van der Waals surface area contributed by atoms with E-state index < -0.39 is 0 Å². The SMILES string of the molecule is O=C(COc1ccccc1Cl)N[C@@H]1CCC[C@H](NC(=O)c2cn[nH]c2)C1.O=CO. The Morgan fingerprint density at radius 3 is 2.62 bits per heavy atom. The third-order valence-corrected chi connectivity index (χ3v) is 4.64. The number of rotatable bonds is 6. The molecule has 0 aliphatic heterocycles. The molecule has 2 atom stereocenters. The van der Waals surface area contributed by atoms with E-state index in [4.69, 9.17) is 26.2 Å². The van der Waals surface area contributed by atoms with Crippen molar-refractivity contribution in [2.45, 2.75) is 37.8 Å². The maximum Gasteiger partial charge on any atom is 0.290 e. The number of amides is 2. The zero-order valence-corrected chi connectivity index (χ0v) is 16.4. The van der Waals surface area contributed by atoms with Crippen molar-refractivity contribution in [3.05, 3.63) is 47.2 Å². The average Bonchev–Trinajstić information content (AvgIpc) is 3.23. The molecule has 3 rings (SSSR count). The zero-order chi connectivity index (χ0) is 21.1. The van der Waals surface area contributed by atoms with Gasteiger partial charge < -0.3 is 20.5 Å². The molecule has 156 valence electrons. The Morgan fingerprint density at radius 1 is 1.28 bits per heavy atom. The topological polar surface area (TPSA) is 133 Å². The molecular formula is C19H23ClN4O5. The van der Waals surface area contributed by atoms with Crippen LogP contribution in [-0.2, 0) is 9.59 Å². The van der Waals surface area contributed by atoms with E-state index in [0.29, 0.717) is 22.8 Å². The van der Waals surface area contributed by atoms with Crippen molar-refractivity contribution in [3.63, 3.8) is 0 Å². The third-order valence-electron chi connectivity index (χ3n) is 4.33. The number of hydrogen-bond acceptors (Lipinski definition) is 5. The number of aromatic amines is 1. The summed E-state index contributed by atoms with van der Waals surface area (Å²) >= 11 is 6.01. The van der Waals surface area contributed by atoms with Crippen LogP contribution in [-0.4, -0.2) is 52.3 Å². The van der Waals surface area contributed by atoms with Gasteiger partial charge in [-0.05, 0) is 37.8 Å². The number of ether oxygens (including phenoxy) is 1. The van der Waals surface area contributed by atoms with E-state index in [2.05, 4.69) is 20.8 Å². The highest BCUT2D eigenvalue weighted by Crippen LogP contribution is 2.23. The van der Waals surface area contributed by atoms with Crippen LogP contribution in [0.4, 0.5) is 0 Å². The van der Waals surface area contributed by atoms with Crippen molar-refractivity contribution in [2.24, 2.45) is 0 Å². The molecule has 1 heterocycles. The normalized spacial score (nSPS) is 18.0. The van der Waals surface area contributed by atoms with Crippen molar-refractivity contribution in [1.82, 2.24) is 20.8 Å². The molecule has 9 nitrogen and oxygen atoms in total. The smallest absolute Gasteiger partial charge is 0.290 e. The van der Waals surface area contributed by atoms with Crippen LogP contribution in [0.5, 0.6) is 5.75 Å². The second-order valence-corrected chi connectivity index (χ2v) is 6.82. The number of carbonyl (C=O) groups is 3. The van der Waals surface area contributed by atoms with Crippen LogP contribution in [0.3, 0.4) is 0 Å². The van der Waals surface area contributed by atoms with Crippen molar-refractivity contribution in [3.8, 4) is 5.75 Å². The first-order valence-electron chi connectivity index (χ1n) is 9.07. The molecule has 10 heteroatoms. The molecule has 2 amide bonds. The van der Waals surface area contributed by atoms with E-state index in [1.165, 1.54) is 6.20 Å². The van der Waals surface area contributed by atoms with Crippen LogP contribution in [0.2, 0.25) is 5.02 Å². The Hall–Kier alpha value is -3.07. The fourth-order valence-corrected chi connectivity index (χ4v) is 3.26. The summed E-state index contributed by atoms with van der Waals surface area (Å²) < 4.78 is 5.46. The molecule has 1 fully saturated rings. The Morgan fingerprint density at radius 2 is 1.97 bits per heavy atom. The summed E-state index contributed by atoms with van der Waals surface area (Å²) in [4.78, 5) is 32.6. The summed E-state index contributed by atoms with van der Waals surface area (Å²) in [7, 11) is 0. The highest BCUT2D eigenvalue weighted by Gasteiger charge is 2.25. The fraction of sp³-hybridized carbons (Fsp3) is 0.368. The highest BCUT2D eigenvalue weighted by atomic mass is 35.5. The molecule has 1 saturated carbocycles.